The summed E-state index contributed by atoms with van der Waals surface area (Å²) >= 11 is 0. The lowest BCUT2D eigenvalue weighted by molar-refractivity contribution is 0.311. The van der Waals surface area contributed by atoms with Crippen LogP contribution in [0.1, 0.15) is 11.1 Å². The minimum Gasteiger partial charge on any atom is -0.395 e. The first-order valence-corrected chi connectivity index (χ1v) is 3.86. The van der Waals surface area contributed by atoms with E-state index in [0.717, 1.165) is 6.42 Å². The van der Waals surface area contributed by atoms with Crippen LogP contribution in [0.15, 0.2) is 18.2 Å². The van der Waals surface area contributed by atoms with Crippen LogP contribution >= 0.6 is 0 Å². The van der Waals surface area contributed by atoms with E-state index in [4.69, 9.17) is 5.11 Å². The molecule has 3 rings (SSSR count). The molecule has 0 unspecified atom stereocenters. The summed E-state index contributed by atoms with van der Waals surface area (Å²) in [6.07, 6.45) is 1.10. The van der Waals surface area contributed by atoms with Crippen LogP contribution in [0.5, 0.6) is 0 Å². The van der Waals surface area contributed by atoms with Gasteiger partial charge in [0.1, 0.15) is 0 Å². The second kappa shape index (κ2) is 2.55. The fourth-order valence-electron chi connectivity index (χ4n) is 1.36. The highest BCUT2D eigenvalue weighted by Gasteiger charge is 2.12. The first-order valence-electron chi connectivity index (χ1n) is 3.86. The van der Waals surface area contributed by atoms with Gasteiger partial charge in [-0.1, -0.05) is 12.1 Å². The summed E-state index contributed by atoms with van der Waals surface area (Å²) in [5.41, 5.74) is 3.96. The number of aliphatic hydroxyl groups is 1. The van der Waals surface area contributed by atoms with Crippen LogP contribution in [0.4, 0.5) is 5.69 Å². The van der Waals surface area contributed by atoms with Gasteiger partial charge in [-0.25, -0.2) is 0 Å². The van der Waals surface area contributed by atoms with Crippen molar-refractivity contribution in [2.24, 2.45) is 0 Å². The molecule has 2 heteroatoms. The number of aliphatic hydroxyl groups excluding tert-OH is 1. The van der Waals surface area contributed by atoms with Crippen molar-refractivity contribution in [2.75, 3.05) is 18.5 Å². The highest BCUT2D eigenvalue weighted by Crippen LogP contribution is 2.28. The van der Waals surface area contributed by atoms with E-state index in [2.05, 4.69) is 23.5 Å². The zero-order valence-corrected chi connectivity index (χ0v) is 6.30. The summed E-state index contributed by atoms with van der Waals surface area (Å²) in [4.78, 5) is 0. The zero-order chi connectivity index (χ0) is 7.68. The molecule has 2 nitrogen and oxygen atoms in total. The van der Waals surface area contributed by atoms with Crippen LogP contribution < -0.4 is 5.32 Å². The molecular weight excluding hydrogens is 138 g/mol. The molecule has 1 aromatic carbocycles. The molecule has 0 radical (unpaired) electrons. The standard InChI is InChI=1S/C9H11NO/c11-4-3-10-9-2-1-7-5-8(9)6-7/h1-2,5,10-11H,3-4,6H2. The van der Waals surface area contributed by atoms with Crippen molar-refractivity contribution in [3.05, 3.63) is 29.3 Å². The summed E-state index contributed by atoms with van der Waals surface area (Å²) in [6.45, 7) is 0.841. The first kappa shape index (κ1) is 6.68. The van der Waals surface area contributed by atoms with Gasteiger partial charge in [-0.15, -0.1) is 0 Å². The normalized spacial score (nSPS) is 12.5. The van der Waals surface area contributed by atoms with E-state index in [-0.39, 0.29) is 6.61 Å². The SMILES string of the molecule is OCCNc1ccc2cc1C2. The second-order valence-electron chi connectivity index (χ2n) is 2.82. The average Bonchev–Trinajstić information content (AvgIpc) is 2.00. The second-order valence-corrected chi connectivity index (χ2v) is 2.82. The van der Waals surface area contributed by atoms with Gasteiger partial charge in [0, 0.05) is 12.2 Å². The minimum absolute atomic E-state index is 0.196. The summed E-state index contributed by atoms with van der Waals surface area (Å²) in [5, 5.41) is 11.7. The van der Waals surface area contributed by atoms with E-state index in [1.165, 1.54) is 16.8 Å². The molecule has 0 saturated carbocycles. The lowest BCUT2D eigenvalue weighted by Crippen LogP contribution is -2.11. The van der Waals surface area contributed by atoms with Crippen molar-refractivity contribution in [2.45, 2.75) is 6.42 Å². The number of nitrogens with one attached hydrogen (secondary N) is 1. The first-order chi connectivity index (χ1) is 5.40. The highest BCUT2D eigenvalue weighted by atomic mass is 16.3. The molecule has 0 aromatic heterocycles. The molecule has 2 bridgehead atoms. The molecule has 0 atom stereocenters. The summed E-state index contributed by atoms with van der Waals surface area (Å²) in [6, 6.07) is 6.37. The van der Waals surface area contributed by atoms with Gasteiger partial charge in [-0.05, 0) is 23.6 Å². The van der Waals surface area contributed by atoms with E-state index >= 15 is 0 Å². The van der Waals surface area contributed by atoms with Crippen LogP contribution in [-0.4, -0.2) is 18.3 Å². The van der Waals surface area contributed by atoms with Gasteiger partial charge >= 0.3 is 0 Å². The van der Waals surface area contributed by atoms with Gasteiger partial charge in [-0.3, -0.25) is 0 Å². The third-order valence-corrected chi connectivity index (χ3v) is 1.99. The fourth-order valence-corrected chi connectivity index (χ4v) is 1.36. The molecule has 0 aliphatic heterocycles. The topological polar surface area (TPSA) is 32.3 Å². The Morgan fingerprint density at radius 3 is 2.82 bits per heavy atom. The molecule has 2 aliphatic rings. The van der Waals surface area contributed by atoms with Gasteiger partial charge in [0.2, 0.25) is 0 Å². The van der Waals surface area contributed by atoms with Crippen LogP contribution in [0.2, 0.25) is 0 Å². The average molecular weight is 149 g/mol. The predicted molar refractivity (Wildman–Crippen MR) is 44.8 cm³/mol. The smallest absolute Gasteiger partial charge is 0.0604 e. The Kier molecular flexibility index (Phi) is 1.55. The van der Waals surface area contributed by atoms with Gasteiger partial charge in [0.25, 0.3) is 0 Å². The highest BCUT2D eigenvalue weighted by molar-refractivity contribution is 5.59. The zero-order valence-electron chi connectivity index (χ0n) is 6.30. The third kappa shape index (κ3) is 1.10. The van der Waals surface area contributed by atoms with E-state index < -0.39 is 0 Å². The number of benzene rings is 1. The lowest BCUT2D eigenvalue weighted by Gasteiger charge is -2.19. The Hall–Kier alpha value is -1.02. The molecule has 2 aliphatic carbocycles. The van der Waals surface area contributed by atoms with Crippen molar-refractivity contribution in [3.8, 4) is 0 Å². The van der Waals surface area contributed by atoms with Crippen molar-refractivity contribution in [1.82, 2.24) is 0 Å². The molecule has 58 valence electrons. The maximum absolute atomic E-state index is 8.57. The molecular formula is C9H11NO. The summed E-state index contributed by atoms with van der Waals surface area (Å²) in [7, 11) is 0. The molecule has 11 heavy (non-hydrogen) atoms. The monoisotopic (exact) mass is 149 g/mol. The van der Waals surface area contributed by atoms with E-state index in [0.29, 0.717) is 6.54 Å². The fraction of sp³-hybridized carbons (Fsp3) is 0.333. The number of anilines is 1. The number of hydrogen-bond donors (Lipinski definition) is 2. The number of rotatable bonds is 3. The number of hydrogen-bond acceptors (Lipinski definition) is 2. The van der Waals surface area contributed by atoms with Crippen LogP contribution in [-0.2, 0) is 6.42 Å². The van der Waals surface area contributed by atoms with E-state index in [1.807, 2.05) is 0 Å². The van der Waals surface area contributed by atoms with Gasteiger partial charge < -0.3 is 10.4 Å². The van der Waals surface area contributed by atoms with Crippen molar-refractivity contribution < 1.29 is 5.11 Å². The van der Waals surface area contributed by atoms with E-state index in [1.54, 1.807) is 0 Å². The van der Waals surface area contributed by atoms with Gasteiger partial charge in [-0.2, -0.15) is 0 Å². The largest absolute Gasteiger partial charge is 0.395 e. The van der Waals surface area contributed by atoms with Crippen LogP contribution in [0.25, 0.3) is 0 Å². The van der Waals surface area contributed by atoms with E-state index in [9.17, 15) is 0 Å². The Bertz CT molecular complexity index is 267. The molecule has 0 amide bonds. The minimum atomic E-state index is 0.196. The van der Waals surface area contributed by atoms with Crippen molar-refractivity contribution in [3.63, 3.8) is 0 Å². The Morgan fingerprint density at radius 2 is 2.27 bits per heavy atom. The Labute approximate surface area is 65.9 Å². The van der Waals surface area contributed by atoms with Crippen LogP contribution in [0.3, 0.4) is 0 Å². The Balaban J connectivity index is 2.09. The van der Waals surface area contributed by atoms with Gasteiger partial charge in [0.15, 0.2) is 0 Å². The summed E-state index contributed by atoms with van der Waals surface area (Å²) < 4.78 is 0. The lowest BCUT2D eigenvalue weighted by atomic mass is 9.91. The molecule has 0 saturated heterocycles. The molecule has 2 N–H and O–H groups in total. The molecule has 0 spiro atoms. The maximum atomic E-state index is 8.57. The predicted octanol–water partition coefficient (Wildman–Crippen LogP) is 0.995. The molecule has 0 heterocycles. The molecule has 0 fully saturated rings. The van der Waals surface area contributed by atoms with Crippen LogP contribution in [0, 0.1) is 0 Å². The molecule has 1 aromatic rings. The maximum Gasteiger partial charge on any atom is 0.0604 e. The Morgan fingerprint density at radius 1 is 1.45 bits per heavy atom. The van der Waals surface area contributed by atoms with Gasteiger partial charge in [0.05, 0.1) is 6.61 Å². The quantitative estimate of drug-likeness (QED) is 0.682. The third-order valence-electron chi connectivity index (χ3n) is 1.99. The van der Waals surface area contributed by atoms with Crippen molar-refractivity contribution >= 4 is 5.69 Å². The van der Waals surface area contributed by atoms with Crippen molar-refractivity contribution in [1.29, 1.82) is 0 Å². The summed E-state index contributed by atoms with van der Waals surface area (Å²) in [5.74, 6) is 0. The number of fused-ring (bicyclic) bond motifs is 2.